The molecular weight excluding hydrogens is 550 g/mol. The number of rotatable bonds is 15. The number of carbonyl (C=O) groups excluding carboxylic acids is 1. The fourth-order valence-electron chi connectivity index (χ4n) is 6.21. The van der Waals surface area contributed by atoms with Gasteiger partial charge in [-0.25, -0.2) is 0 Å². The first-order chi connectivity index (χ1) is 21.4. The first-order valence-corrected chi connectivity index (χ1v) is 16.8. The van der Waals surface area contributed by atoms with E-state index in [1.807, 2.05) is 0 Å². The van der Waals surface area contributed by atoms with E-state index in [9.17, 15) is 4.79 Å². The molecule has 0 saturated carbocycles. The maximum Gasteiger partial charge on any atom is 0.226 e. The maximum absolute atomic E-state index is 12.4. The van der Waals surface area contributed by atoms with Gasteiger partial charge in [0.05, 0.1) is 6.61 Å². The maximum atomic E-state index is 12.4. The van der Waals surface area contributed by atoms with Gasteiger partial charge >= 0.3 is 0 Å². The lowest BCUT2D eigenvalue weighted by molar-refractivity contribution is -0.119. The molecule has 0 spiro atoms. The number of piperidine rings is 2. The molecule has 0 unspecified atom stereocenters. The van der Waals surface area contributed by atoms with Crippen molar-refractivity contribution in [1.29, 1.82) is 0 Å². The van der Waals surface area contributed by atoms with Crippen LogP contribution in [-0.4, -0.2) is 80.8 Å². The molecule has 1 amide bonds. The van der Waals surface area contributed by atoms with Gasteiger partial charge in [0.2, 0.25) is 5.91 Å². The zero-order chi connectivity index (χ0) is 31.1. The summed E-state index contributed by atoms with van der Waals surface area (Å²) in [5, 5.41) is 2.70. The number of aryl methyl sites for hydroxylation is 1. The van der Waals surface area contributed by atoms with E-state index in [1.54, 1.807) is 7.11 Å². The molecule has 0 aromatic heterocycles. The Morgan fingerprint density at radius 3 is 2.41 bits per heavy atom. The Hall–Kier alpha value is -2.94. The van der Waals surface area contributed by atoms with Gasteiger partial charge in [0.1, 0.15) is 5.75 Å². The third-order valence-electron chi connectivity index (χ3n) is 9.06. The highest BCUT2D eigenvalue weighted by molar-refractivity contribution is 5.96. The molecule has 44 heavy (non-hydrogen) atoms. The number of hydrogen-bond acceptors (Lipinski definition) is 6. The lowest BCUT2D eigenvalue weighted by Gasteiger charge is -2.41. The number of hydrogen-bond donors (Lipinski definition) is 2. The summed E-state index contributed by atoms with van der Waals surface area (Å²) in [6.07, 6.45) is 9.01. The quantitative estimate of drug-likeness (QED) is 0.155. The topological polar surface area (TPSA) is 92.4 Å². The summed E-state index contributed by atoms with van der Waals surface area (Å²) in [6, 6.07) is 16.0. The van der Waals surface area contributed by atoms with Crippen molar-refractivity contribution in [1.82, 2.24) is 15.1 Å². The molecule has 8 nitrogen and oxygen atoms in total. The number of methoxy groups -OCH3 is 1. The number of unbranched alkanes of at least 4 members (excludes halogenated alkanes) is 1. The van der Waals surface area contributed by atoms with E-state index in [1.165, 1.54) is 57.4 Å². The minimum absolute atomic E-state index is 0.129. The highest BCUT2D eigenvalue weighted by Crippen LogP contribution is 2.32. The van der Waals surface area contributed by atoms with Crippen LogP contribution in [0.15, 0.2) is 47.5 Å². The summed E-state index contributed by atoms with van der Waals surface area (Å²) < 4.78 is 11.5. The van der Waals surface area contributed by atoms with Crippen LogP contribution in [-0.2, 0) is 22.5 Å². The van der Waals surface area contributed by atoms with Crippen molar-refractivity contribution in [3.8, 4) is 16.9 Å². The van der Waals surface area contributed by atoms with Crippen LogP contribution in [0.2, 0.25) is 0 Å². The highest BCUT2D eigenvalue weighted by atomic mass is 16.5. The highest BCUT2D eigenvalue weighted by Gasteiger charge is 2.27. The second-order valence-electron chi connectivity index (χ2n) is 12.6. The summed E-state index contributed by atoms with van der Waals surface area (Å²) >= 11 is 0. The lowest BCUT2D eigenvalue weighted by Crippen LogP contribution is -2.47. The molecule has 2 heterocycles. The molecular formula is C36H55N5O3. The van der Waals surface area contributed by atoms with Crippen molar-refractivity contribution in [3.63, 3.8) is 0 Å². The zero-order valence-corrected chi connectivity index (χ0v) is 27.4. The SMILES string of the molecule is CCCCN=C(N)NC(=O)CCc1ccc(-c2ccc(CN3CCC(N4CCC(C)CC4)CC3)cc2)c(OCCCOC)c1. The summed E-state index contributed by atoms with van der Waals surface area (Å²) in [4.78, 5) is 22.0. The molecule has 0 atom stereocenters. The number of benzene rings is 2. The van der Waals surface area contributed by atoms with Gasteiger partial charge in [0.15, 0.2) is 5.96 Å². The van der Waals surface area contributed by atoms with Crippen LogP contribution in [0.4, 0.5) is 0 Å². The van der Waals surface area contributed by atoms with Gasteiger partial charge in [-0.05, 0) is 93.4 Å². The van der Waals surface area contributed by atoms with Gasteiger partial charge in [-0.15, -0.1) is 0 Å². The molecule has 2 saturated heterocycles. The number of nitrogens with zero attached hydrogens (tertiary/aromatic N) is 3. The molecule has 4 rings (SSSR count). The van der Waals surface area contributed by atoms with E-state index < -0.39 is 0 Å². The summed E-state index contributed by atoms with van der Waals surface area (Å²) in [6.45, 7) is 12.3. The van der Waals surface area contributed by atoms with Crippen molar-refractivity contribution in [3.05, 3.63) is 53.6 Å². The Morgan fingerprint density at radius 1 is 0.977 bits per heavy atom. The Morgan fingerprint density at radius 2 is 1.70 bits per heavy atom. The molecule has 0 bridgehead atoms. The molecule has 2 aliphatic rings. The van der Waals surface area contributed by atoms with Gasteiger partial charge < -0.3 is 20.1 Å². The lowest BCUT2D eigenvalue weighted by atomic mass is 9.94. The third kappa shape index (κ3) is 10.9. The first kappa shape index (κ1) is 33.9. The van der Waals surface area contributed by atoms with E-state index in [-0.39, 0.29) is 11.9 Å². The predicted octanol–water partition coefficient (Wildman–Crippen LogP) is 5.63. The van der Waals surface area contributed by atoms with Crippen LogP contribution >= 0.6 is 0 Å². The molecule has 0 radical (unpaired) electrons. The first-order valence-electron chi connectivity index (χ1n) is 16.8. The average molecular weight is 606 g/mol. The van der Waals surface area contributed by atoms with E-state index in [0.29, 0.717) is 32.6 Å². The number of aliphatic imine (C=N–C) groups is 1. The third-order valence-corrected chi connectivity index (χ3v) is 9.06. The number of nitrogens with two attached hydrogens (primary N) is 1. The second-order valence-corrected chi connectivity index (χ2v) is 12.6. The van der Waals surface area contributed by atoms with Crippen LogP contribution in [0.5, 0.6) is 5.75 Å². The van der Waals surface area contributed by atoms with Crippen LogP contribution < -0.4 is 15.8 Å². The Bertz CT molecular complexity index is 1170. The largest absolute Gasteiger partial charge is 0.493 e. The molecule has 8 heteroatoms. The van der Waals surface area contributed by atoms with Crippen molar-refractivity contribution in [2.45, 2.75) is 84.2 Å². The fraction of sp³-hybridized carbons (Fsp3) is 0.611. The normalized spacial score (nSPS) is 17.6. The molecule has 2 aromatic carbocycles. The predicted molar refractivity (Wildman–Crippen MR) is 180 cm³/mol. The average Bonchev–Trinajstić information content (AvgIpc) is 3.03. The van der Waals surface area contributed by atoms with E-state index in [4.69, 9.17) is 15.2 Å². The molecule has 0 aliphatic carbocycles. The van der Waals surface area contributed by atoms with E-state index >= 15 is 0 Å². The Labute approximate surface area is 265 Å². The molecule has 2 aliphatic heterocycles. The number of guanidine groups is 1. The van der Waals surface area contributed by atoms with Crippen LogP contribution in [0, 0.1) is 5.92 Å². The van der Waals surface area contributed by atoms with Gasteiger partial charge in [-0.3, -0.25) is 20.0 Å². The Balaban J connectivity index is 1.33. The summed E-state index contributed by atoms with van der Waals surface area (Å²) in [7, 11) is 1.71. The van der Waals surface area contributed by atoms with E-state index in [0.717, 1.165) is 60.2 Å². The van der Waals surface area contributed by atoms with Crippen molar-refractivity contribution in [2.24, 2.45) is 16.6 Å². The fourth-order valence-corrected chi connectivity index (χ4v) is 6.21. The number of likely N-dealkylation sites (tertiary alicyclic amines) is 2. The second kappa shape index (κ2) is 18.1. The van der Waals surface area contributed by atoms with Gasteiger partial charge in [-0.1, -0.05) is 56.7 Å². The molecule has 2 fully saturated rings. The van der Waals surface area contributed by atoms with Crippen molar-refractivity contribution >= 4 is 11.9 Å². The standard InChI is InChI=1S/C36H55N5O3/c1-4-5-19-38-36(37)39-35(42)14-10-29-9-13-33(34(26-29)44-25-6-24-43-3)31-11-7-30(8-12-31)27-40-20-17-32(18-21-40)41-22-15-28(2)16-23-41/h7-9,11-13,26,28,32H,4-6,10,14-25,27H2,1-3H3,(H3,37,38,39,42). The smallest absolute Gasteiger partial charge is 0.226 e. The van der Waals surface area contributed by atoms with Crippen LogP contribution in [0.25, 0.3) is 11.1 Å². The minimum Gasteiger partial charge on any atom is -0.493 e. The Kier molecular flexibility index (Phi) is 14.0. The summed E-state index contributed by atoms with van der Waals surface area (Å²) in [5.74, 6) is 1.79. The summed E-state index contributed by atoms with van der Waals surface area (Å²) in [5.41, 5.74) is 10.4. The zero-order valence-electron chi connectivity index (χ0n) is 27.4. The number of carbonyl (C=O) groups is 1. The van der Waals surface area contributed by atoms with Gasteiger partial charge in [-0.2, -0.15) is 0 Å². The van der Waals surface area contributed by atoms with E-state index in [2.05, 4.69) is 76.4 Å². The molecule has 3 N–H and O–H groups in total. The number of amides is 1. The van der Waals surface area contributed by atoms with Crippen LogP contribution in [0.1, 0.15) is 76.3 Å². The van der Waals surface area contributed by atoms with Gasteiger partial charge in [0.25, 0.3) is 0 Å². The number of ether oxygens (including phenoxy) is 2. The van der Waals surface area contributed by atoms with Gasteiger partial charge in [0, 0.05) is 51.3 Å². The monoisotopic (exact) mass is 605 g/mol. The van der Waals surface area contributed by atoms with Crippen LogP contribution in [0.3, 0.4) is 0 Å². The number of nitrogens with one attached hydrogen (secondary N) is 1. The molecule has 2 aromatic rings. The van der Waals surface area contributed by atoms with Crippen molar-refractivity contribution in [2.75, 3.05) is 53.0 Å². The molecule has 242 valence electrons. The minimum atomic E-state index is -0.129. The van der Waals surface area contributed by atoms with Crippen molar-refractivity contribution < 1.29 is 14.3 Å².